The Hall–Kier alpha value is -1.16. The number of esters is 1. The highest BCUT2D eigenvalue weighted by Crippen LogP contribution is 2.71. The number of aliphatic hydroxyl groups is 1. The van der Waals surface area contributed by atoms with Gasteiger partial charge in [-0.3, -0.25) is 9.59 Å². The molecule has 150 valence electrons. The molecule has 4 saturated carbocycles. The number of carbonyl (C=O) groups excluding carboxylic acids is 2. The van der Waals surface area contributed by atoms with E-state index in [1.54, 1.807) is 0 Å². The van der Waals surface area contributed by atoms with E-state index in [2.05, 4.69) is 20.4 Å². The molecule has 4 nitrogen and oxygen atoms in total. The summed E-state index contributed by atoms with van der Waals surface area (Å²) in [5.74, 6) is 0.527. The Morgan fingerprint density at radius 2 is 1.89 bits per heavy atom. The Morgan fingerprint density at radius 3 is 2.59 bits per heavy atom. The molecule has 0 amide bonds. The number of fused-ring (bicyclic) bond motifs is 3. The normalized spacial score (nSPS) is 48.7. The SMILES string of the molecule is C=C1C(=O)[C@@]23CC[C@H]4C(C)(CCC[C@@]4(C)C(=O)OCCC)[C@@H]2CC[C@@]1(O)C3. The van der Waals surface area contributed by atoms with Crippen LogP contribution in [0, 0.1) is 28.1 Å². The number of rotatable bonds is 3. The van der Waals surface area contributed by atoms with E-state index in [4.69, 9.17) is 4.74 Å². The van der Waals surface area contributed by atoms with Gasteiger partial charge in [-0.15, -0.1) is 0 Å². The van der Waals surface area contributed by atoms with Gasteiger partial charge >= 0.3 is 5.97 Å². The summed E-state index contributed by atoms with van der Waals surface area (Å²) < 4.78 is 5.62. The maximum atomic E-state index is 13.3. The molecule has 2 bridgehead atoms. The summed E-state index contributed by atoms with van der Waals surface area (Å²) >= 11 is 0. The Balaban J connectivity index is 1.71. The lowest BCUT2D eigenvalue weighted by atomic mass is 9.40. The number of Topliss-reactive ketones (excluding diaryl/α,β-unsaturated/α-hetero) is 1. The van der Waals surface area contributed by atoms with Crippen molar-refractivity contribution in [2.45, 2.75) is 84.2 Å². The summed E-state index contributed by atoms with van der Waals surface area (Å²) in [5.41, 5.74) is -1.53. The molecule has 0 saturated heterocycles. The topological polar surface area (TPSA) is 63.6 Å². The van der Waals surface area contributed by atoms with E-state index < -0.39 is 16.4 Å². The highest BCUT2D eigenvalue weighted by Gasteiger charge is 2.71. The summed E-state index contributed by atoms with van der Waals surface area (Å²) in [6, 6.07) is 0. The average Bonchev–Trinajstić information content (AvgIpc) is 2.76. The van der Waals surface area contributed by atoms with Gasteiger partial charge in [0.25, 0.3) is 0 Å². The highest BCUT2D eigenvalue weighted by atomic mass is 16.5. The summed E-state index contributed by atoms with van der Waals surface area (Å²) in [7, 11) is 0. The maximum Gasteiger partial charge on any atom is 0.312 e. The molecule has 27 heavy (non-hydrogen) atoms. The van der Waals surface area contributed by atoms with E-state index in [1.165, 1.54) is 0 Å². The first-order valence-corrected chi connectivity index (χ1v) is 10.8. The minimum atomic E-state index is -0.991. The van der Waals surface area contributed by atoms with Crippen LogP contribution in [0.1, 0.15) is 78.6 Å². The molecule has 4 heteroatoms. The Morgan fingerprint density at radius 1 is 1.19 bits per heavy atom. The van der Waals surface area contributed by atoms with Crippen molar-refractivity contribution in [2.75, 3.05) is 6.61 Å². The summed E-state index contributed by atoms with van der Waals surface area (Å²) in [5, 5.41) is 11.0. The third kappa shape index (κ3) is 2.31. The van der Waals surface area contributed by atoms with Crippen LogP contribution >= 0.6 is 0 Å². The van der Waals surface area contributed by atoms with Gasteiger partial charge in [0.1, 0.15) is 0 Å². The second-order valence-electron chi connectivity index (χ2n) is 10.3. The smallest absolute Gasteiger partial charge is 0.312 e. The fraction of sp³-hybridized carbons (Fsp3) is 0.826. The first kappa shape index (κ1) is 19.2. The predicted octanol–water partition coefficient (Wildman–Crippen LogP) is 4.20. The van der Waals surface area contributed by atoms with Gasteiger partial charge < -0.3 is 9.84 Å². The minimum absolute atomic E-state index is 0.0503. The van der Waals surface area contributed by atoms with Gasteiger partial charge in [0.15, 0.2) is 5.78 Å². The molecule has 0 heterocycles. The van der Waals surface area contributed by atoms with Crippen LogP contribution in [0.15, 0.2) is 12.2 Å². The van der Waals surface area contributed by atoms with Crippen molar-refractivity contribution in [2.24, 2.45) is 28.1 Å². The molecular formula is C23H34O4. The third-order valence-corrected chi connectivity index (χ3v) is 8.97. The first-order valence-electron chi connectivity index (χ1n) is 10.8. The van der Waals surface area contributed by atoms with Crippen LogP contribution in [0.5, 0.6) is 0 Å². The van der Waals surface area contributed by atoms with E-state index >= 15 is 0 Å². The van der Waals surface area contributed by atoms with Crippen molar-refractivity contribution in [3.8, 4) is 0 Å². The lowest BCUT2D eigenvalue weighted by Gasteiger charge is -2.63. The number of ketones is 1. The van der Waals surface area contributed by atoms with Gasteiger partial charge in [-0.2, -0.15) is 0 Å². The molecule has 0 aromatic heterocycles. The fourth-order valence-electron chi connectivity index (χ4n) is 7.72. The molecular weight excluding hydrogens is 340 g/mol. The highest BCUT2D eigenvalue weighted by molar-refractivity contribution is 6.04. The second-order valence-corrected chi connectivity index (χ2v) is 10.3. The monoisotopic (exact) mass is 374 g/mol. The lowest BCUT2D eigenvalue weighted by Crippen LogP contribution is -2.60. The summed E-state index contributed by atoms with van der Waals surface area (Å²) in [4.78, 5) is 26.3. The molecule has 1 spiro atoms. The van der Waals surface area contributed by atoms with Crippen molar-refractivity contribution < 1.29 is 19.4 Å². The summed E-state index contributed by atoms with van der Waals surface area (Å²) in [6.45, 7) is 10.9. The fourth-order valence-corrected chi connectivity index (χ4v) is 7.72. The van der Waals surface area contributed by atoms with E-state index in [0.717, 1.165) is 44.9 Å². The molecule has 1 N–H and O–H groups in total. The lowest BCUT2D eigenvalue weighted by molar-refractivity contribution is -0.191. The molecule has 4 aliphatic carbocycles. The average molecular weight is 375 g/mol. The van der Waals surface area contributed by atoms with Crippen molar-refractivity contribution in [1.82, 2.24) is 0 Å². The van der Waals surface area contributed by atoms with Gasteiger partial charge in [0.05, 0.1) is 17.6 Å². The second kappa shape index (κ2) is 5.92. The molecule has 6 atom stereocenters. The van der Waals surface area contributed by atoms with Gasteiger partial charge in [-0.05, 0) is 75.5 Å². The molecule has 1 unspecified atom stereocenters. The van der Waals surface area contributed by atoms with Gasteiger partial charge in [0.2, 0.25) is 0 Å². The number of hydrogen-bond donors (Lipinski definition) is 1. The first-order chi connectivity index (χ1) is 12.6. The molecule has 4 fully saturated rings. The van der Waals surface area contributed by atoms with E-state index in [-0.39, 0.29) is 29.0 Å². The molecule has 4 rings (SSSR count). The van der Waals surface area contributed by atoms with Crippen LogP contribution < -0.4 is 0 Å². The zero-order chi connectivity index (χ0) is 19.7. The maximum absolute atomic E-state index is 13.3. The van der Waals surface area contributed by atoms with Crippen LogP contribution in [0.25, 0.3) is 0 Å². The van der Waals surface area contributed by atoms with Crippen molar-refractivity contribution >= 4 is 11.8 Å². The van der Waals surface area contributed by atoms with E-state index in [0.29, 0.717) is 25.0 Å². The standard InChI is InChI=1S/C23H34O4/c1-5-13-27-19(25)21(4)10-6-9-20(3)16(21)7-11-22-14-23(26,12-8-17(20)22)15(2)18(22)24/h16-17,26H,2,5-14H2,1,3-4H3/t16-,17-,20?,21+,22+,23+/m0/s1. The molecule has 0 aromatic carbocycles. The van der Waals surface area contributed by atoms with Gasteiger partial charge in [0, 0.05) is 11.0 Å². The molecule has 0 radical (unpaired) electrons. The Labute approximate surface area is 162 Å². The number of hydrogen-bond acceptors (Lipinski definition) is 4. The Bertz CT molecular complexity index is 698. The molecule has 4 aliphatic rings. The van der Waals surface area contributed by atoms with Crippen LogP contribution in [0.4, 0.5) is 0 Å². The number of ether oxygens (including phenoxy) is 1. The van der Waals surface area contributed by atoms with E-state index in [1.807, 2.05) is 6.92 Å². The van der Waals surface area contributed by atoms with Crippen molar-refractivity contribution in [3.63, 3.8) is 0 Å². The van der Waals surface area contributed by atoms with Gasteiger partial charge in [-0.1, -0.05) is 26.8 Å². The quantitative estimate of drug-likeness (QED) is 0.594. The minimum Gasteiger partial charge on any atom is -0.465 e. The molecule has 0 aliphatic heterocycles. The predicted molar refractivity (Wildman–Crippen MR) is 103 cm³/mol. The van der Waals surface area contributed by atoms with Crippen LogP contribution in [0.3, 0.4) is 0 Å². The van der Waals surface area contributed by atoms with Crippen LogP contribution in [-0.4, -0.2) is 29.1 Å². The van der Waals surface area contributed by atoms with Crippen molar-refractivity contribution in [3.05, 3.63) is 12.2 Å². The summed E-state index contributed by atoms with van der Waals surface area (Å²) in [6.07, 6.45) is 7.42. The zero-order valence-electron chi connectivity index (χ0n) is 17.1. The van der Waals surface area contributed by atoms with Crippen LogP contribution in [0.2, 0.25) is 0 Å². The third-order valence-electron chi connectivity index (χ3n) is 8.97. The van der Waals surface area contributed by atoms with E-state index in [9.17, 15) is 14.7 Å². The van der Waals surface area contributed by atoms with Gasteiger partial charge in [-0.25, -0.2) is 0 Å². The molecule has 0 aromatic rings. The zero-order valence-corrected chi connectivity index (χ0v) is 17.1. The largest absolute Gasteiger partial charge is 0.465 e. The van der Waals surface area contributed by atoms with Crippen molar-refractivity contribution in [1.29, 1.82) is 0 Å². The van der Waals surface area contributed by atoms with Crippen LogP contribution in [-0.2, 0) is 14.3 Å². The number of carbonyl (C=O) groups is 2. The Kier molecular flexibility index (Phi) is 4.20.